The third kappa shape index (κ3) is 3.98. The molecule has 8 heteroatoms. The molecule has 2 aliphatic heterocycles. The van der Waals surface area contributed by atoms with Crippen molar-refractivity contribution in [3.8, 4) is 28.3 Å². The van der Waals surface area contributed by atoms with Crippen LogP contribution >= 0.6 is 0 Å². The van der Waals surface area contributed by atoms with Gasteiger partial charge in [-0.3, -0.25) is 0 Å². The molecule has 4 heterocycles. The lowest BCUT2D eigenvalue weighted by molar-refractivity contribution is 0.407. The number of tetrazole rings is 1. The summed E-state index contributed by atoms with van der Waals surface area (Å²) < 4.78 is 17.4. The van der Waals surface area contributed by atoms with Gasteiger partial charge in [-0.2, -0.15) is 4.68 Å². The molecule has 6 rings (SSSR count). The number of nitrogens with zero attached hydrogens (tertiary/aromatic N) is 6. The van der Waals surface area contributed by atoms with E-state index in [4.69, 9.17) is 0 Å². The van der Waals surface area contributed by atoms with Crippen molar-refractivity contribution in [3.63, 3.8) is 0 Å². The lowest BCUT2D eigenvalue weighted by Gasteiger charge is -2.38. The summed E-state index contributed by atoms with van der Waals surface area (Å²) in [5.41, 5.74) is 6.29. The zero-order chi connectivity index (χ0) is 23.8. The van der Waals surface area contributed by atoms with Crippen molar-refractivity contribution in [2.45, 2.75) is 46.3 Å². The zero-order valence-electron chi connectivity index (χ0n) is 20.0. The number of aromatic nitrogens is 5. The molecule has 0 aliphatic carbocycles. The third-order valence-electron chi connectivity index (χ3n) is 6.33. The Kier molecular flexibility index (Phi) is 5.91. The summed E-state index contributed by atoms with van der Waals surface area (Å²) >= 11 is 0. The zero-order valence-corrected chi connectivity index (χ0v) is 20.0. The predicted octanol–water partition coefficient (Wildman–Crippen LogP) is 4.51. The van der Waals surface area contributed by atoms with Crippen LogP contribution < -0.4 is 10.2 Å². The highest BCUT2D eigenvalue weighted by Crippen LogP contribution is 2.34. The minimum absolute atomic E-state index is 0.239. The Bertz CT molecular complexity index is 1280. The van der Waals surface area contributed by atoms with Gasteiger partial charge in [-0.1, -0.05) is 26.0 Å². The van der Waals surface area contributed by atoms with E-state index in [1.807, 2.05) is 18.5 Å². The van der Waals surface area contributed by atoms with Crippen LogP contribution in [0.4, 0.5) is 10.1 Å². The minimum Gasteiger partial charge on any atom is -0.368 e. The Balaban J connectivity index is 0.00000117. The number of halogens is 1. The van der Waals surface area contributed by atoms with E-state index < -0.39 is 0 Å². The average Bonchev–Trinajstić information content (AvgIpc) is 3.45. The maximum Gasteiger partial charge on any atom is 0.203 e. The Morgan fingerprint density at radius 1 is 0.941 bits per heavy atom. The molecule has 1 saturated heterocycles. The second kappa shape index (κ2) is 9.02. The Morgan fingerprint density at radius 2 is 1.68 bits per heavy atom. The number of piperazine rings is 1. The van der Waals surface area contributed by atoms with Gasteiger partial charge < -0.3 is 14.8 Å². The molecule has 1 fully saturated rings. The van der Waals surface area contributed by atoms with Gasteiger partial charge in [0.1, 0.15) is 5.82 Å². The second-order valence-electron chi connectivity index (χ2n) is 8.85. The molecule has 4 aromatic rings. The van der Waals surface area contributed by atoms with Crippen LogP contribution in [0.15, 0.2) is 54.7 Å². The number of anilines is 1. The number of hydrogen-bond acceptors (Lipinski definition) is 5. The summed E-state index contributed by atoms with van der Waals surface area (Å²) in [5, 5.41) is 16.1. The summed E-state index contributed by atoms with van der Waals surface area (Å²) in [5.74, 6) is 0.464. The van der Waals surface area contributed by atoms with Crippen LogP contribution in [-0.4, -0.2) is 49.9 Å². The molecule has 7 nitrogen and oxygen atoms in total. The highest BCUT2D eigenvalue weighted by atomic mass is 19.1. The summed E-state index contributed by atoms with van der Waals surface area (Å²) in [7, 11) is 0. The largest absolute Gasteiger partial charge is 0.368 e. The van der Waals surface area contributed by atoms with E-state index in [0.717, 1.165) is 41.2 Å². The van der Waals surface area contributed by atoms with Gasteiger partial charge in [-0.15, -0.1) is 5.10 Å². The highest BCUT2D eigenvalue weighted by Gasteiger charge is 2.26. The molecule has 0 saturated carbocycles. The predicted molar refractivity (Wildman–Crippen MR) is 133 cm³/mol. The lowest BCUT2D eigenvalue weighted by Crippen LogP contribution is -2.54. The van der Waals surface area contributed by atoms with Crippen molar-refractivity contribution in [1.29, 1.82) is 0 Å². The topological polar surface area (TPSA) is 63.8 Å². The molecule has 2 aromatic carbocycles. The molecule has 2 aromatic heterocycles. The van der Waals surface area contributed by atoms with Crippen LogP contribution in [0.25, 0.3) is 28.3 Å². The van der Waals surface area contributed by atoms with Gasteiger partial charge in [0.25, 0.3) is 0 Å². The number of rotatable bonds is 2. The molecule has 176 valence electrons. The maximum atomic E-state index is 13.4. The van der Waals surface area contributed by atoms with Crippen molar-refractivity contribution in [2.75, 3.05) is 18.0 Å². The van der Waals surface area contributed by atoms with E-state index >= 15 is 0 Å². The van der Waals surface area contributed by atoms with E-state index in [-0.39, 0.29) is 5.82 Å². The summed E-state index contributed by atoms with van der Waals surface area (Å²) in [6.07, 6.45) is 2.10. The van der Waals surface area contributed by atoms with Crippen molar-refractivity contribution >= 4 is 5.69 Å². The van der Waals surface area contributed by atoms with E-state index in [9.17, 15) is 4.39 Å². The van der Waals surface area contributed by atoms with Crippen LogP contribution in [0.1, 0.15) is 33.3 Å². The normalized spacial score (nSPS) is 18.8. The van der Waals surface area contributed by atoms with Crippen molar-refractivity contribution < 1.29 is 4.39 Å². The molecule has 0 bridgehead atoms. The van der Waals surface area contributed by atoms with Gasteiger partial charge in [0.15, 0.2) is 0 Å². The molecule has 0 radical (unpaired) electrons. The van der Waals surface area contributed by atoms with E-state index in [1.165, 1.54) is 17.8 Å². The first-order valence-electron chi connectivity index (χ1n) is 11.9. The van der Waals surface area contributed by atoms with Gasteiger partial charge in [-0.25, -0.2) is 4.39 Å². The fourth-order valence-corrected chi connectivity index (χ4v) is 4.96. The van der Waals surface area contributed by atoms with Gasteiger partial charge in [0, 0.05) is 49.2 Å². The third-order valence-corrected chi connectivity index (χ3v) is 6.33. The van der Waals surface area contributed by atoms with E-state index in [2.05, 4.69) is 74.6 Å². The van der Waals surface area contributed by atoms with Crippen LogP contribution in [0.3, 0.4) is 0 Å². The fourth-order valence-electron chi connectivity index (χ4n) is 4.96. The Hall–Kier alpha value is -3.52. The first-order valence-corrected chi connectivity index (χ1v) is 11.9. The van der Waals surface area contributed by atoms with Gasteiger partial charge in [0.2, 0.25) is 5.82 Å². The van der Waals surface area contributed by atoms with Crippen LogP contribution in [0.5, 0.6) is 0 Å². The molecular formula is C26H30FN7. The van der Waals surface area contributed by atoms with Crippen LogP contribution in [0, 0.1) is 5.82 Å². The van der Waals surface area contributed by atoms with Gasteiger partial charge >= 0.3 is 0 Å². The van der Waals surface area contributed by atoms with Crippen LogP contribution in [-0.2, 0) is 6.54 Å². The second-order valence-corrected chi connectivity index (χ2v) is 8.85. The number of benzene rings is 2. The maximum absolute atomic E-state index is 13.4. The molecule has 2 atom stereocenters. The van der Waals surface area contributed by atoms with E-state index in [0.29, 0.717) is 24.5 Å². The lowest BCUT2D eigenvalue weighted by atomic mass is 10.1. The SMILES string of the molecule is CC.CC1CN(c2ccc3c(c2)Cn2cc(-c4ccc(F)cc4)cc2-c2nnnn2-3)CC(C)N1. The fraction of sp³-hybridized carbons (Fsp3) is 0.346. The molecule has 2 unspecified atom stereocenters. The number of fused-ring (bicyclic) bond motifs is 5. The first kappa shape index (κ1) is 22.3. The minimum atomic E-state index is -0.239. The molecule has 1 N–H and O–H groups in total. The first-order chi connectivity index (χ1) is 16.5. The van der Waals surface area contributed by atoms with Crippen molar-refractivity contribution in [3.05, 3.63) is 66.1 Å². The average molecular weight is 460 g/mol. The van der Waals surface area contributed by atoms with Crippen LogP contribution in [0.2, 0.25) is 0 Å². The summed E-state index contributed by atoms with van der Waals surface area (Å²) in [6.45, 7) is 11.1. The molecule has 0 spiro atoms. The molecule has 0 amide bonds. The van der Waals surface area contributed by atoms with Gasteiger partial charge in [-0.05, 0) is 71.8 Å². The monoisotopic (exact) mass is 459 g/mol. The smallest absolute Gasteiger partial charge is 0.203 e. The van der Waals surface area contributed by atoms with Crippen molar-refractivity contribution in [1.82, 2.24) is 30.1 Å². The highest BCUT2D eigenvalue weighted by molar-refractivity contribution is 5.71. The van der Waals surface area contributed by atoms with E-state index in [1.54, 1.807) is 12.1 Å². The summed E-state index contributed by atoms with van der Waals surface area (Å²) in [6, 6.07) is 16.1. The molecule has 34 heavy (non-hydrogen) atoms. The number of nitrogens with one attached hydrogen (secondary N) is 1. The Labute approximate surface area is 199 Å². The number of hydrogen-bond donors (Lipinski definition) is 1. The quantitative estimate of drug-likeness (QED) is 0.421. The summed E-state index contributed by atoms with van der Waals surface area (Å²) in [4.78, 5) is 2.44. The van der Waals surface area contributed by atoms with Gasteiger partial charge in [0.05, 0.1) is 11.4 Å². The molecule has 2 aliphatic rings. The Morgan fingerprint density at radius 3 is 2.41 bits per heavy atom. The van der Waals surface area contributed by atoms with Crippen molar-refractivity contribution in [2.24, 2.45) is 0 Å². The molecular weight excluding hydrogens is 429 g/mol. The standard InChI is InChI=1S/C24H24FN7.C2H6/c1-15-11-30(12-16(2)26-15)21-7-8-22-19(9-21)14-31-13-18(17-3-5-20(25)6-4-17)10-23(31)24-27-28-29-32(22)24;1-2/h3-10,13,15-16,26H,11-12,14H2,1-2H3;1-2H3.